The summed E-state index contributed by atoms with van der Waals surface area (Å²) in [6.07, 6.45) is 4.17. The van der Waals surface area contributed by atoms with Crippen LogP contribution in [-0.2, 0) is 17.8 Å². The van der Waals surface area contributed by atoms with Gasteiger partial charge in [-0.15, -0.1) is 0 Å². The Morgan fingerprint density at radius 2 is 1.86 bits per heavy atom. The number of carbonyl (C=O) groups excluding carboxylic acids is 1. The Hall–Kier alpha value is -1.39. The summed E-state index contributed by atoms with van der Waals surface area (Å²) in [5, 5.41) is 0. The first-order valence-electron chi connectivity index (χ1n) is 8.05. The number of hydrogen-bond acceptors (Lipinski definition) is 3. The minimum absolute atomic E-state index is 0.266. The van der Waals surface area contributed by atoms with E-state index in [-0.39, 0.29) is 5.91 Å². The zero-order chi connectivity index (χ0) is 14.7. The highest BCUT2D eigenvalue weighted by Gasteiger charge is 2.23. The van der Waals surface area contributed by atoms with Crippen LogP contribution < -0.4 is 5.73 Å². The van der Waals surface area contributed by atoms with Crippen molar-refractivity contribution in [3.8, 4) is 0 Å². The summed E-state index contributed by atoms with van der Waals surface area (Å²) in [7, 11) is 0. The van der Waals surface area contributed by atoms with Crippen LogP contribution in [0.2, 0.25) is 0 Å². The maximum Gasteiger partial charge on any atom is 0.237 e. The number of aryl methyl sites for hydroxylation is 1. The fourth-order valence-corrected chi connectivity index (χ4v) is 3.32. The lowest BCUT2D eigenvalue weighted by atomic mass is 10.0. The van der Waals surface area contributed by atoms with Crippen molar-refractivity contribution < 1.29 is 4.79 Å². The Bertz CT molecular complexity index is 495. The number of carbonyl (C=O) groups is 1. The van der Waals surface area contributed by atoms with Gasteiger partial charge in [0.05, 0.1) is 6.54 Å². The summed E-state index contributed by atoms with van der Waals surface area (Å²) < 4.78 is 0. The second kappa shape index (κ2) is 6.58. The molecule has 0 unspecified atom stereocenters. The number of fused-ring (bicyclic) bond motifs is 1. The molecule has 0 spiro atoms. The van der Waals surface area contributed by atoms with Crippen LogP contribution in [0.4, 0.5) is 0 Å². The SMILES string of the molecule is NC1CCN(CC(=O)N2CCCc3ccccc3C2)CC1. The molecule has 2 N–H and O–H groups in total. The number of rotatable bonds is 2. The first-order valence-corrected chi connectivity index (χ1v) is 8.05. The minimum Gasteiger partial charge on any atom is -0.337 e. The van der Waals surface area contributed by atoms with Gasteiger partial charge in [-0.25, -0.2) is 0 Å². The van der Waals surface area contributed by atoms with Gasteiger partial charge in [-0.1, -0.05) is 24.3 Å². The van der Waals surface area contributed by atoms with Crippen LogP contribution in [0.15, 0.2) is 24.3 Å². The van der Waals surface area contributed by atoms with Gasteiger partial charge < -0.3 is 10.6 Å². The average Bonchev–Trinajstić information content (AvgIpc) is 2.72. The van der Waals surface area contributed by atoms with E-state index in [9.17, 15) is 4.79 Å². The largest absolute Gasteiger partial charge is 0.337 e. The van der Waals surface area contributed by atoms with E-state index >= 15 is 0 Å². The molecule has 2 aliphatic heterocycles. The van der Waals surface area contributed by atoms with Crippen molar-refractivity contribution in [2.75, 3.05) is 26.2 Å². The second-order valence-electron chi connectivity index (χ2n) is 6.30. The van der Waals surface area contributed by atoms with Gasteiger partial charge >= 0.3 is 0 Å². The monoisotopic (exact) mass is 287 g/mol. The third kappa shape index (κ3) is 3.63. The van der Waals surface area contributed by atoms with Crippen LogP contribution in [0.3, 0.4) is 0 Å². The van der Waals surface area contributed by atoms with Crippen molar-refractivity contribution in [3.05, 3.63) is 35.4 Å². The maximum absolute atomic E-state index is 12.6. The van der Waals surface area contributed by atoms with E-state index in [0.717, 1.165) is 51.9 Å². The highest BCUT2D eigenvalue weighted by molar-refractivity contribution is 5.78. The number of nitrogens with two attached hydrogens (primary N) is 1. The molecule has 1 amide bonds. The molecule has 1 aromatic carbocycles. The Kier molecular flexibility index (Phi) is 4.56. The molecule has 1 saturated heterocycles. The summed E-state index contributed by atoms with van der Waals surface area (Å²) in [6.45, 7) is 4.10. The molecule has 2 heterocycles. The van der Waals surface area contributed by atoms with E-state index in [1.54, 1.807) is 0 Å². The molecular formula is C17H25N3O. The molecule has 2 aliphatic rings. The molecule has 1 fully saturated rings. The number of nitrogens with zero attached hydrogens (tertiary/aromatic N) is 2. The van der Waals surface area contributed by atoms with Gasteiger partial charge in [-0.2, -0.15) is 0 Å². The maximum atomic E-state index is 12.6. The predicted molar refractivity (Wildman–Crippen MR) is 83.8 cm³/mol. The molecule has 4 heteroatoms. The van der Waals surface area contributed by atoms with Crippen LogP contribution in [0.1, 0.15) is 30.4 Å². The van der Waals surface area contributed by atoms with E-state index < -0.39 is 0 Å². The molecule has 1 aromatic rings. The normalized spacial score (nSPS) is 20.9. The zero-order valence-electron chi connectivity index (χ0n) is 12.6. The highest BCUT2D eigenvalue weighted by atomic mass is 16.2. The van der Waals surface area contributed by atoms with Gasteiger partial charge in [0, 0.05) is 32.2 Å². The smallest absolute Gasteiger partial charge is 0.237 e. The number of benzene rings is 1. The van der Waals surface area contributed by atoms with Crippen LogP contribution in [-0.4, -0.2) is 47.9 Å². The van der Waals surface area contributed by atoms with Gasteiger partial charge in [0.2, 0.25) is 5.91 Å². The van der Waals surface area contributed by atoms with Gasteiger partial charge in [0.25, 0.3) is 0 Å². The van der Waals surface area contributed by atoms with E-state index in [4.69, 9.17) is 5.73 Å². The zero-order valence-corrected chi connectivity index (χ0v) is 12.6. The highest BCUT2D eigenvalue weighted by Crippen LogP contribution is 2.19. The predicted octanol–water partition coefficient (Wildman–Crippen LogP) is 1.38. The first-order chi connectivity index (χ1) is 10.2. The molecule has 0 bridgehead atoms. The standard InChI is InChI=1S/C17H25N3O/c18-16-7-10-19(11-8-16)13-17(21)20-9-3-6-14-4-1-2-5-15(14)12-20/h1-2,4-5,16H,3,6-13,18H2. The number of hydrogen-bond donors (Lipinski definition) is 1. The molecule has 0 radical (unpaired) electrons. The van der Waals surface area contributed by atoms with Crippen molar-refractivity contribution >= 4 is 5.91 Å². The summed E-state index contributed by atoms with van der Waals surface area (Å²) in [5.41, 5.74) is 8.63. The summed E-state index contributed by atoms with van der Waals surface area (Å²) >= 11 is 0. The average molecular weight is 287 g/mol. The Morgan fingerprint density at radius 3 is 2.62 bits per heavy atom. The topological polar surface area (TPSA) is 49.6 Å². The van der Waals surface area contributed by atoms with E-state index in [2.05, 4.69) is 29.2 Å². The number of likely N-dealkylation sites (tertiary alicyclic amines) is 1. The van der Waals surface area contributed by atoms with E-state index in [1.807, 2.05) is 4.90 Å². The Balaban J connectivity index is 1.60. The van der Waals surface area contributed by atoms with Crippen LogP contribution in [0.25, 0.3) is 0 Å². The summed E-state index contributed by atoms with van der Waals surface area (Å²) in [6, 6.07) is 8.82. The van der Waals surface area contributed by atoms with Gasteiger partial charge in [0.15, 0.2) is 0 Å². The third-order valence-corrected chi connectivity index (χ3v) is 4.70. The Labute approximate surface area is 126 Å². The first kappa shape index (κ1) is 14.5. The van der Waals surface area contributed by atoms with Crippen molar-refractivity contribution in [2.45, 2.75) is 38.3 Å². The Morgan fingerprint density at radius 1 is 1.14 bits per heavy atom. The molecule has 0 atom stereocenters. The quantitative estimate of drug-likeness (QED) is 0.894. The van der Waals surface area contributed by atoms with Gasteiger partial charge in [-0.3, -0.25) is 9.69 Å². The molecule has 0 aromatic heterocycles. The molecule has 114 valence electrons. The third-order valence-electron chi connectivity index (χ3n) is 4.70. The van der Waals surface area contributed by atoms with Crippen LogP contribution in [0, 0.1) is 0 Å². The minimum atomic E-state index is 0.266. The molecule has 3 rings (SSSR count). The van der Waals surface area contributed by atoms with Gasteiger partial charge in [-0.05, 0) is 36.8 Å². The van der Waals surface area contributed by atoms with Crippen molar-refractivity contribution in [1.82, 2.24) is 9.80 Å². The molecule has 0 aliphatic carbocycles. The van der Waals surface area contributed by atoms with Crippen molar-refractivity contribution in [1.29, 1.82) is 0 Å². The lowest BCUT2D eigenvalue weighted by Crippen LogP contribution is -2.45. The molecule has 21 heavy (non-hydrogen) atoms. The van der Waals surface area contributed by atoms with E-state index in [1.165, 1.54) is 11.1 Å². The van der Waals surface area contributed by atoms with E-state index in [0.29, 0.717) is 12.6 Å². The summed E-state index contributed by atoms with van der Waals surface area (Å²) in [5.74, 6) is 0.266. The fourth-order valence-electron chi connectivity index (χ4n) is 3.32. The lowest BCUT2D eigenvalue weighted by molar-refractivity contribution is -0.133. The molecular weight excluding hydrogens is 262 g/mol. The number of amides is 1. The fraction of sp³-hybridized carbons (Fsp3) is 0.588. The number of piperidine rings is 1. The van der Waals surface area contributed by atoms with Crippen LogP contribution in [0.5, 0.6) is 0 Å². The lowest BCUT2D eigenvalue weighted by Gasteiger charge is -2.31. The molecule has 0 saturated carbocycles. The van der Waals surface area contributed by atoms with Gasteiger partial charge in [0.1, 0.15) is 0 Å². The molecule has 4 nitrogen and oxygen atoms in total. The van der Waals surface area contributed by atoms with Crippen molar-refractivity contribution in [3.63, 3.8) is 0 Å². The summed E-state index contributed by atoms with van der Waals surface area (Å²) in [4.78, 5) is 16.8. The van der Waals surface area contributed by atoms with Crippen molar-refractivity contribution in [2.24, 2.45) is 5.73 Å². The van der Waals surface area contributed by atoms with Crippen LogP contribution >= 0.6 is 0 Å². The second-order valence-corrected chi connectivity index (χ2v) is 6.30.